The Hall–Kier alpha value is -1.18. The summed E-state index contributed by atoms with van der Waals surface area (Å²) in [4.78, 5) is 0. The Labute approximate surface area is 146 Å². The lowest BCUT2D eigenvalue weighted by Crippen LogP contribution is -2.47. The fraction of sp³-hybridized carbons (Fsp3) is 0.882. The largest absolute Gasteiger partial charge is 0.411 e. The van der Waals surface area contributed by atoms with Crippen LogP contribution < -0.4 is 16.4 Å². The van der Waals surface area contributed by atoms with Crippen LogP contribution in [0.3, 0.4) is 0 Å². The van der Waals surface area contributed by atoms with Crippen molar-refractivity contribution in [3.63, 3.8) is 0 Å². The molecule has 0 aliphatic heterocycles. The molecule has 0 rings (SSSR count). The van der Waals surface area contributed by atoms with Crippen LogP contribution in [0.1, 0.15) is 60.8 Å². The Bertz CT molecular complexity index is 383. The van der Waals surface area contributed by atoms with Crippen LogP contribution >= 0.6 is 0 Å². The van der Waals surface area contributed by atoms with Crippen LogP contribution in [-0.4, -0.2) is 52.5 Å². The summed E-state index contributed by atoms with van der Waals surface area (Å²) >= 11 is 0. The Morgan fingerprint density at radius 3 is 1.54 bits per heavy atom. The van der Waals surface area contributed by atoms with Crippen LogP contribution in [-0.2, 0) is 0 Å². The van der Waals surface area contributed by atoms with Crippen molar-refractivity contribution in [2.24, 2.45) is 22.0 Å². The standard InChI is InChI=1S/C17H37N5O2/c1-13(21-23)16(3,4)19-11-8-15(7-10-18)9-12-20-17(5,6)14(2)22-24/h15,19-20,23-24H,7-12,18H2,1-6H3/b21-13-,22-14-. The summed E-state index contributed by atoms with van der Waals surface area (Å²) < 4.78 is 0. The van der Waals surface area contributed by atoms with E-state index in [0.29, 0.717) is 23.9 Å². The molecule has 0 radical (unpaired) electrons. The van der Waals surface area contributed by atoms with Gasteiger partial charge < -0.3 is 26.8 Å². The van der Waals surface area contributed by atoms with Gasteiger partial charge in [0, 0.05) is 0 Å². The number of nitrogens with two attached hydrogens (primary N) is 1. The van der Waals surface area contributed by atoms with Gasteiger partial charge in [0.05, 0.1) is 22.5 Å². The van der Waals surface area contributed by atoms with Gasteiger partial charge >= 0.3 is 0 Å². The van der Waals surface area contributed by atoms with Crippen LogP contribution in [0.4, 0.5) is 0 Å². The highest BCUT2D eigenvalue weighted by atomic mass is 16.4. The molecule has 7 heteroatoms. The molecule has 0 fully saturated rings. The van der Waals surface area contributed by atoms with Crippen molar-refractivity contribution in [1.29, 1.82) is 0 Å². The van der Waals surface area contributed by atoms with Gasteiger partial charge in [-0.3, -0.25) is 0 Å². The first kappa shape index (κ1) is 22.8. The predicted molar refractivity (Wildman–Crippen MR) is 100 cm³/mol. The lowest BCUT2D eigenvalue weighted by molar-refractivity contribution is 0.307. The second-order valence-electron chi connectivity index (χ2n) is 7.50. The molecule has 0 spiro atoms. The number of oxime groups is 2. The molecule has 0 aromatic carbocycles. The molecule has 0 unspecified atom stereocenters. The summed E-state index contributed by atoms with van der Waals surface area (Å²) in [6.07, 6.45) is 2.99. The van der Waals surface area contributed by atoms with E-state index < -0.39 is 0 Å². The van der Waals surface area contributed by atoms with Crippen molar-refractivity contribution in [1.82, 2.24) is 10.6 Å². The highest BCUT2D eigenvalue weighted by Gasteiger charge is 2.23. The molecule has 7 nitrogen and oxygen atoms in total. The van der Waals surface area contributed by atoms with Crippen LogP contribution in [0.25, 0.3) is 0 Å². The van der Waals surface area contributed by atoms with E-state index in [1.807, 2.05) is 27.7 Å². The van der Waals surface area contributed by atoms with Gasteiger partial charge in [-0.2, -0.15) is 0 Å². The number of nitrogens with zero attached hydrogens (tertiary/aromatic N) is 2. The number of nitrogens with one attached hydrogen (secondary N) is 2. The summed E-state index contributed by atoms with van der Waals surface area (Å²) in [5.41, 5.74) is 6.43. The summed E-state index contributed by atoms with van der Waals surface area (Å²) in [6, 6.07) is 0. The quantitative estimate of drug-likeness (QED) is 0.212. The van der Waals surface area contributed by atoms with Gasteiger partial charge in [0.15, 0.2) is 0 Å². The molecule has 0 aliphatic carbocycles. The minimum Gasteiger partial charge on any atom is -0.411 e. The summed E-state index contributed by atoms with van der Waals surface area (Å²) in [5, 5.41) is 31.3. The SMILES string of the molecule is C/C(=N/O)C(C)(C)NCCC(CCN)CCNC(C)(C)/C(C)=N\O. The van der Waals surface area contributed by atoms with Crippen molar-refractivity contribution < 1.29 is 10.4 Å². The summed E-state index contributed by atoms with van der Waals surface area (Å²) in [7, 11) is 0. The molecule has 0 heterocycles. The molecule has 6 N–H and O–H groups in total. The lowest BCUT2D eigenvalue weighted by atomic mass is 9.94. The van der Waals surface area contributed by atoms with Crippen molar-refractivity contribution in [3.8, 4) is 0 Å². The molecule has 0 aromatic heterocycles. The predicted octanol–water partition coefficient (Wildman–Crippen LogP) is 2.17. The maximum Gasteiger partial charge on any atom is 0.0734 e. The van der Waals surface area contributed by atoms with Crippen LogP contribution in [0.15, 0.2) is 10.3 Å². The normalized spacial score (nSPS) is 15.6. The first-order valence-corrected chi connectivity index (χ1v) is 8.69. The van der Waals surface area contributed by atoms with Gasteiger partial charge in [0.1, 0.15) is 0 Å². The molecular formula is C17H37N5O2. The van der Waals surface area contributed by atoms with Crippen LogP contribution in [0, 0.1) is 5.92 Å². The molecule has 0 saturated carbocycles. The van der Waals surface area contributed by atoms with E-state index in [4.69, 9.17) is 16.1 Å². The van der Waals surface area contributed by atoms with E-state index in [1.54, 1.807) is 13.8 Å². The first-order valence-electron chi connectivity index (χ1n) is 8.69. The first-order chi connectivity index (χ1) is 11.1. The minimum atomic E-state index is -0.322. The topological polar surface area (TPSA) is 115 Å². The second kappa shape index (κ2) is 10.6. The van der Waals surface area contributed by atoms with E-state index in [-0.39, 0.29) is 11.1 Å². The fourth-order valence-corrected chi connectivity index (χ4v) is 2.35. The van der Waals surface area contributed by atoms with Gasteiger partial charge in [0.25, 0.3) is 0 Å². The molecule has 24 heavy (non-hydrogen) atoms. The van der Waals surface area contributed by atoms with Crippen molar-refractivity contribution in [3.05, 3.63) is 0 Å². The van der Waals surface area contributed by atoms with E-state index in [9.17, 15) is 0 Å². The molecule has 0 atom stereocenters. The molecule has 142 valence electrons. The molecular weight excluding hydrogens is 306 g/mol. The number of hydrogen-bond acceptors (Lipinski definition) is 7. The van der Waals surface area contributed by atoms with Crippen molar-refractivity contribution in [2.75, 3.05) is 19.6 Å². The molecule has 0 aromatic rings. The maximum atomic E-state index is 8.92. The van der Waals surface area contributed by atoms with Gasteiger partial charge in [-0.1, -0.05) is 10.3 Å². The number of hydrogen-bond donors (Lipinski definition) is 5. The third-order valence-electron chi connectivity index (χ3n) is 4.92. The minimum absolute atomic E-state index is 0.322. The highest BCUT2D eigenvalue weighted by molar-refractivity contribution is 5.90. The molecule has 0 aliphatic rings. The van der Waals surface area contributed by atoms with Gasteiger partial charge in [-0.25, -0.2) is 0 Å². The monoisotopic (exact) mass is 343 g/mol. The Morgan fingerprint density at radius 1 is 0.875 bits per heavy atom. The smallest absolute Gasteiger partial charge is 0.0734 e. The Kier molecular flexibility index (Phi) is 10.1. The average molecular weight is 344 g/mol. The molecule has 0 saturated heterocycles. The second-order valence-corrected chi connectivity index (χ2v) is 7.50. The third-order valence-corrected chi connectivity index (χ3v) is 4.92. The molecule has 0 amide bonds. The summed E-state index contributed by atoms with van der Waals surface area (Å²) in [5.74, 6) is 0.513. The van der Waals surface area contributed by atoms with Gasteiger partial charge in [-0.15, -0.1) is 0 Å². The van der Waals surface area contributed by atoms with E-state index in [2.05, 4.69) is 20.9 Å². The maximum absolute atomic E-state index is 8.92. The van der Waals surface area contributed by atoms with Crippen molar-refractivity contribution in [2.45, 2.75) is 71.9 Å². The van der Waals surface area contributed by atoms with E-state index in [1.165, 1.54) is 0 Å². The van der Waals surface area contributed by atoms with Crippen molar-refractivity contribution >= 4 is 11.4 Å². The zero-order valence-corrected chi connectivity index (χ0v) is 16.2. The number of rotatable bonds is 12. The zero-order chi connectivity index (χ0) is 18.8. The van der Waals surface area contributed by atoms with E-state index in [0.717, 1.165) is 32.4 Å². The third kappa shape index (κ3) is 8.08. The molecule has 0 bridgehead atoms. The summed E-state index contributed by atoms with van der Waals surface area (Å²) in [6.45, 7) is 14.0. The van der Waals surface area contributed by atoms with Crippen LogP contribution in [0.5, 0.6) is 0 Å². The Morgan fingerprint density at radius 2 is 1.25 bits per heavy atom. The van der Waals surface area contributed by atoms with E-state index >= 15 is 0 Å². The van der Waals surface area contributed by atoms with Gasteiger partial charge in [-0.05, 0) is 86.4 Å². The fourth-order valence-electron chi connectivity index (χ4n) is 2.35. The Balaban J connectivity index is 4.37. The highest BCUT2D eigenvalue weighted by Crippen LogP contribution is 2.14. The lowest BCUT2D eigenvalue weighted by Gasteiger charge is -2.28. The average Bonchev–Trinajstić information content (AvgIpc) is 2.52. The van der Waals surface area contributed by atoms with Gasteiger partial charge in [0.2, 0.25) is 0 Å². The van der Waals surface area contributed by atoms with Crippen LogP contribution in [0.2, 0.25) is 0 Å². The zero-order valence-electron chi connectivity index (χ0n) is 16.2.